The molecule has 1 fully saturated rings. The van der Waals surface area contributed by atoms with Crippen LogP contribution in [0.4, 0.5) is 42.1 Å². The van der Waals surface area contributed by atoms with Gasteiger partial charge in [-0.1, -0.05) is 0 Å². The summed E-state index contributed by atoms with van der Waals surface area (Å²) in [5, 5.41) is 2.12. The number of rotatable bonds is 6. The van der Waals surface area contributed by atoms with Gasteiger partial charge in [-0.15, -0.1) is 0 Å². The zero-order valence-corrected chi connectivity index (χ0v) is 18.9. The molecule has 3 atom stereocenters. The van der Waals surface area contributed by atoms with Gasteiger partial charge in [0.05, 0.1) is 20.8 Å². The molecule has 192 valence electrons. The minimum atomic E-state index is -4.84. The molecular formula is C20H19F7N4O3S. The van der Waals surface area contributed by atoms with Gasteiger partial charge in [-0.25, -0.2) is 18.4 Å². The van der Waals surface area contributed by atoms with Crippen molar-refractivity contribution in [2.24, 2.45) is 5.41 Å². The van der Waals surface area contributed by atoms with Crippen LogP contribution in [-0.4, -0.2) is 46.7 Å². The number of carbonyl (C=O) groups is 1. The highest BCUT2D eigenvalue weighted by Crippen LogP contribution is 2.50. The van der Waals surface area contributed by atoms with Crippen LogP contribution in [0.3, 0.4) is 0 Å². The first-order valence-electron chi connectivity index (χ1n) is 9.80. The maximum atomic E-state index is 14.3. The van der Waals surface area contributed by atoms with E-state index in [4.69, 9.17) is 4.78 Å². The predicted octanol–water partition coefficient (Wildman–Crippen LogP) is 4.78. The highest BCUT2D eigenvalue weighted by molar-refractivity contribution is 7.91. The third-order valence-corrected chi connectivity index (χ3v) is 6.49. The van der Waals surface area contributed by atoms with Crippen molar-refractivity contribution >= 4 is 27.0 Å². The molecule has 2 aromatic rings. The molecule has 3 rings (SSSR count). The molecule has 2 heterocycles. The third kappa shape index (κ3) is 5.44. The predicted molar refractivity (Wildman–Crippen MR) is 111 cm³/mol. The maximum Gasteiger partial charge on any atom is 0.396 e. The number of carbonyl (C=O) groups excluding carboxylic acids is 1. The molecule has 1 aromatic carbocycles. The van der Waals surface area contributed by atoms with Crippen LogP contribution in [-0.2, 0) is 14.5 Å². The van der Waals surface area contributed by atoms with Crippen molar-refractivity contribution in [3.63, 3.8) is 0 Å². The van der Waals surface area contributed by atoms with Crippen LogP contribution in [0.2, 0.25) is 0 Å². The number of nitrogens with one attached hydrogen (secondary N) is 2. The van der Waals surface area contributed by atoms with Gasteiger partial charge in [-0.05, 0) is 37.6 Å². The van der Waals surface area contributed by atoms with E-state index in [1.54, 1.807) is 0 Å². The van der Waals surface area contributed by atoms with Crippen molar-refractivity contribution in [2.75, 3.05) is 23.0 Å². The lowest BCUT2D eigenvalue weighted by atomic mass is 9.87. The van der Waals surface area contributed by atoms with E-state index in [0.29, 0.717) is 6.07 Å². The molecule has 1 saturated heterocycles. The van der Waals surface area contributed by atoms with Crippen LogP contribution < -0.4 is 15.0 Å². The minimum absolute atomic E-state index is 0.0447. The van der Waals surface area contributed by atoms with E-state index in [1.165, 1.54) is 6.07 Å². The molecule has 1 aromatic heterocycles. The van der Waals surface area contributed by atoms with Crippen LogP contribution in [0.15, 0.2) is 35.5 Å². The van der Waals surface area contributed by atoms with Crippen LogP contribution in [0.1, 0.15) is 13.3 Å². The second kappa shape index (κ2) is 9.17. The molecule has 1 amide bonds. The van der Waals surface area contributed by atoms with Crippen molar-refractivity contribution in [3.05, 3.63) is 42.1 Å². The Morgan fingerprint density at radius 1 is 1.31 bits per heavy atom. The van der Waals surface area contributed by atoms with Crippen LogP contribution in [0.25, 0.3) is 0 Å². The quantitative estimate of drug-likeness (QED) is 0.527. The Balaban J connectivity index is 2.05. The topological polar surface area (TPSA) is 95.4 Å². The molecule has 7 nitrogen and oxygen atoms in total. The first-order chi connectivity index (χ1) is 16.0. The molecule has 0 bridgehead atoms. The Morgan fingerprint density at radius 3 is 2.54 bits per heavy atom. The van der Waals surface area contributed by atoms with E-state index in [-0.39, 0.29) is 10.7 Å². The first-order valence-corrected chi connectivity index (χ1v) is 11.8. The van der Waals surface area contributed by atoms with Crippen LogP contribution >= 0.6 is 0 Å². The van der Waals surface area contributed by atoms with Crippen molar-refractivity contribution in [2.45, 2.75) is 37.2 Å². The molecule has 0 saturated carbocycles. The number of anilines is 2. The Kier molecular flexibility index (Phi) is 6.94. The average Bonchev–Trinajstić information content (AvgIpc) is 3.10. The van der Waals surface area contributed by atoms with Gasteiger partial charge >= 0.3 is 12.8 Å². The normalized spacial score (nSPS) is 22.2. The highest BCUT2D eigenvalue weighted by Gasteiger charge is 2.59. The summed E-state index contributed by atoms with van der Waals surface area (Å²) in [6.45, 7) is -3.77. The Labute approximate surface area is 195 Å². The number of nitrogens with zero attached hydrogens (tertiary/aromatic N) is 2. The zero-order valence-electron chi connectivity index (χ0n) is 18.1. The average molecular weight is 528 g/mol. The number of benzene rings is 1. The van der Waals surface area contributed by atoms with Crippen molar-refractivity contribution in [1.29, 1.82) is 4.78 Å². The van der Waals surface area contributed by atoms with Crippen LogP contribution in [0, 0.1) is 21.8 Å². The van der Waals surface area contributed by atoms with E-state index in [9.17, 15) is 39.7 Å². The van der Waals surface area contributed by atoms with Gasteiger partial charge in [-0.2, -0.15) is 26.3 Å². The summed E-state index contributed by atoms with van der Waals surface area (Å²) < 4.78 is 119. The summed E-state index contributed by atoms with van der Waals surface area (Å²) in [6, 6.07) is 1.92. The molecule has 2 N–H and O–H groups in total. The zero-order chi connectivity index (χ0) is 26.3. The fourth-order valence-electron chi connectivity index (χ4n) is 3.66. The number of pyridine rings is 1. The first kappa shape index (κ1) is 26.5. The summed E-state index contributed by atoms with van der Waals surface area (Å²) in [5.74, 6) is -5.81. The number of hydrogen-bond acceptors (Lipinski definition) is 6. The van der Waals surface area contributed by atoms with Crippen molar-refractivity contribution < 1.29 is 44.5 Å². The van der Waals surface area contributed by atoms with E-state index < -0.39 is 75.9 Å². The lowest BCUT2D eigenvalue weighted by molar-refractivity contribution is -0.210. The Morgan fingerprint density at radius 2 is 1.97 bits per heavy atom. The highest BCUT2D eigenvalue weighted by atomic mass is 32.2. The molecule has 15 heteroatoms. The number of ether oxygens (including phenoxy) is 1. The lowest BCUT2D eigenvalue weighted by Crippen LogP contribution is -2.40. The molecule has 35 heavy (non-hydrogen) atoms. The summed E-state index contributed by atoms with van der Waals surface area (Å²) in [7, 11) is -3.28. The largest absolute Gasteiger partial charge is 0.429 e. The van der Waals surface area contributed by atoms with Crippen molar-refractivity contribution in [3.8, 4) is 5.75 Å². The fourth-order valence-corrected chi connectivity index (χ4v) is 4.27. The summed E-state index contributed by atoms with van der Waals surface area (Å²) in [6.07, 6.45) is -3.50. The van der Waals surface area contributed by atoms with E-state index in [2.05, 4.69) is 15.0 Å². The van der Waals surface area contributed by atoms with Crippen molar-refractivity contribution in [1.82, 2.24) is 4.98 Å². The standard InChI is InChI=1S/C20H19F7N4O3S/c1-19(20(25,26)27)8-13(17(32)30-10-5-6-29-14(7-10)35(2,28)33)31(9-19)12-4-3-11(21)15(22)16(12)34-18(23)24/h3-7,13,18,28H,8-9H2,1-2H3,(H,29,30,32)/t13-,19-,35-/m1/s1. The SMILES string of the molecule is C[C@@]1(C(F)(F)F)C[C@H](C(=O)Nc2ccnc([S@](C)(=N)=O)c2)N(c2ccc(F)c(F)c2OC(F)F)C1. The van der Waals surface area contributed by atoms with Gasteiger partial charge < -0.3 is 15.0 Å². The lowest BCUT2D eigenvalue weighted by Gasteiger charge is -2.29. The third-order valence-electron chi connectivity index (χ3n) is 5.47. The summed E-state index contributed by atoms with van der Waals surface area (Å²) in [5.41, 5.74) is -3.24. The minimum Gasteiger partial charge on any atom is -0.429 e. The fraction of sp³-hybridized carbons (Fsp3) is 0.400. The van der Waals surface area contributed by atoms with Gasteiger partial charge in [-0.3, -0.25) is 4.79 Å². The van der Waals surface area contributed by atoms with Gasteiger partial charge in [0, 0.05) is 24.7 Å². The van der Waals surface area contributed by atoms with Crippen LogP contribution in [0.5, 0.6) is 5.75 Å². The van der Waals surface area contributed by atoms with E-state index in [1.807, 2.05) is 0 Å². The molecule has 0 spiro atoms. The monoisotopic (exact) mass is 528 g/mol. The van der Waals surface area contributed by atoms with E-state index >= 15 is 0 Å². The number of halogens is 7. The molecule has 0 radical (unpaired) electrons. The molecule has 0 unspecified atom stereocenters. The smallest absolute Gasteiger partial charge is 0.396 e. The van der Waals surface area contributed by atoms with Gasteiger partial charge in [0.25, 0.3) is 0 Å². The Hall–Kier alpha value is -3.10. The number of aromatic nitrogens is 1. The molecule has 1 aliphatic rings. The second-order valence-electron chi connectivity index (χ2n) is 8.21. The maximum absolute atomic E-state index is 14.3. The van der Waals surface area contributed by atoms with Gasteiger partial charge in [0.2, 0.25) is 11.7 Å². The van der Waals surface area contributed by atoms with Gasteiger partial charge in [0.15, 0.2) is 11.6 Å². The Bertz CT molecular complexity index is 1240. The number of hydrogen-bond donors (Lipinski definition) is 2. The van der Waals surface area contributed by atoms with Gasteiger partial charge in [0.1, 0.15) is 11.1 Å². The molecule has 0 aliphatic carbocycles. The summed E-state index contributed by atoms with van der Waals surface area (Å²) >= 11 is 0. The second-order valence-corrected chi connectivity index (χ2v) is 10.3. The summed E-state index contributed by atoms with van der Waals surface area (Å²) in [4.78, 5) is 17.5. The molecular weight excluding hydrogens is 509 g/mol. The van der Waals surface area contributed by atoms with E-state index in [0.717, 1.165) is 36.4 Å². The number of alkyl halides is 5. The molecule has 1 aliphatic heterocycles. The number of amides is 1.